The highest BCUT2D eigenvalue weighted by atomic mass is 16.5. The highest BCUT2D eigenvalue weighted by Crippen LogP contribution is 2.21. The van der Waals surface area contributed by atoms with Gasteiger partial charge in [0.15, 0.2) is 5.82 Å². The third-order valence-electron chi connectivity index (χ3n) is 2.79. The molecule has 0 aliphatic heterocycles. The van der Waals surface area contributed by atoms with Crippen LogP contribution in [0, 0.1) is 11.3 Å². The van der Waals surface area contributed by atoms with E-state index in [2.05, 4.69) is 21.0 Å². The summed E-state index contributed by atoms with van der Waals surface area (Å²) in [6, 6.07) is 12.9. The van der Waals surface area contributed by atoms with E-state index in [-0.39, 0.29) is 0 Å². The van der Waals surface area contributed by atoms with Gasteiger partial charge in [0.05, 0.1) is 29.8 Å². The monoisotopic (exact) mass is 250 g/mol. The number of ether oxygens (including phenoxy) is 1. The minimum Gasteiger partial charge on any atom is -0.481 e. The predicted molar refractivity (Wildman–Crippen MR) is 70.6 cm³/mol. The molecule has 0 fully saturated rings. The summed E-state index contributed by atoms with van der Waals surface area (Å²) in [4.78, 5) is 11.9. The molecule has 0 saturated heterocycles. The van der Waals surface area contributed by atoms with Crippen molar-refractivity contribution in [3.8, 4) is 23.5 Å². The number of pyridine rings is 1. The van der Waals surface area contributed by atoms with Crippen LogP contribution in [0.25, 0.3) is 22.6 Å². The number of nitrogens with one attached hydrogen (secondary N) is 1. The van der Waals surface area contributed by atoms with Gasteiger partial charge >= 0.3 is 0 Å². The second kappa shape index (κ2) is 4.42. The molecule has 1 N–H and O–H groups in total. The standard InChI is InChI=1S/C14H10N4O/c1-19-13-4-2-3-11(16-13)14-17-10-6-5-9(8-15)7-12(10)18-14/h2-7H,1H3,(H,17,18). The number of methoxy groups -OCH3 is 1. The van der Waals surface area contributed by atoms with Gasteiger partial charge in [0, 0.05) is 6.07 Å². The molecule has 0 amide bonds. The van der Waals surface area contributed by atoms with E-state index in [0.29, 0.717) is 23.0 Å². The van der Waals surface area contributed by atoms with Crippen molar-refractivity contribution < 1.29 is 4.74 Å². The summed E-state index contributed by atoms with van der Waals surface area (Å²) in [5.41, 5.74) is 2.92. The molecule has 0 bridgehead atoms. The summed E-state index contributed by atoms with van der Waals surface area (Å²) >= 11 is 0. The first-order valence-corrected chi connectivity index (χ1v) is 5.71. The highest BCUT2D eigenvalue weighted by molar-refractivity contribution is 5.80. The molecule has 3 rings (SSSR count). The molecule has 0 unspecified atom stereocenters. The third-order valence-corrected chi connectivity index (χ3v) is 2.79. The number of nitrogens with zero attached hydrogens (tertiary/aromatic N) is 3. The third kappa shape index (κ3) is 2.00. The largest absolute Gasteiger partial charge is 0.481 e. The molecular formula is C14H10N4O. The number of aromatic nitrogens is 3. The molecular weight excluding hydrogens is 240 g/mol. The lowest BCUT2D eigenvalue weighted by molar-refractivity contribution is 0.398. The Morgan fingerprint density at radius 1 is 1.21 bits per heavy atom. The summed E-state index contributed by atoms with van der Waals surface area (Å²) in [5, 5.41) is 8.88. The van der Waals surface area contributed by atoms with Crippen LogP contribution in [0.15, 0.2) is 36.4 Å². The van der Waals surface area contributed by atoms with Gasteiger partial charge in [-0.1, -0.05) is 6.07 Å². The van der Waals surface area contributed by atoms with Gasteiger partial charge in [-0.25, -0.2) is 9.97 Å². The molecule has 0 aliphatic carbocycles. The molecule has 5 nitrogen and oxygen atoms in total. The maximum Gasteiger partial charge on any atom is 0.213 e. The van der Waals surface area contributed by atoms with Crippen LogP contribution in [-0.4, -0.2) is 22.1 Å². The van der Waals surface area contributed by atoms with Crippen molar-refractivity contribution in [2.75, 3.05) is 7.11 Å². The van der Waals surface area contributed by atoms with Gasteiger partial charge in [-0.05, 0) is 24.3 Å². The lowest BCUT2D eigenvalue weighted by Gasteiger charge is -1.99. The first-order valence-electron chi connectivity index (χ1n) is 5.71. The van der Waals surface area contributed by atoms with Crippen LogP contribution >= 0.6 is 0 Å². The van der Waals surface area contributed by atoms with Gasteiger partial charge in [0.25, 0.3) is 0 Å². The Bertz CT molecular complexity index is 785. The van der Waals surface area contributed by atoms with Crippen LogP contribution in [0.3, 0.4) is 0 Å². The molecule has 0 saturated carbocycles. The van der Waals surface area contributed by atoms with E-state index in [4.69, 9.17) is 10.00 Å². The summed E-state index contributed by atoms with van der Waals surface area (Å²) < 4.78 is 5.09. The highest BCUT2D eigenvalue weighted by Gasteiger charge is 2.07. The molecule has 92 valence electrons. The first-order chi connectivity index (χ1) is 9.30. The van der Waals surface area contributed by atoms with Crippen molar-refractivity contribution in [2.24, 2.45) is 0 Å². The molecule has 0 radical (unpaired) electrons. The number of hydrogen-bond donors (Lipinski definition) is 1. The first kappa shape index (κ1) is 11.2. The van der Waals surface area contributed by atoms with Crippen LogP contribution in [0.1, 0.15) is 5.56 Å². The van der Waals surface area contributed by atoms with Gasteiger partial charge < -0.3 is 9.72 Å². The van der Waals surface area contributed by atoms with Crippen LogP contribution in [0.2, 0.25) is 0 Å². The topological polar surface area (TPSA) is 74.6 Å². The summed E-state index contributed by atoms with van der Waals surface area (Å²) in [6.07, 6.45) is 0. The number of hydrogen-bond acceptors (Lipinski definition) is 4. The van der Waals surface area contributed by atoms with Gasteiger partial charge in [-0.3, -0.25) is 0 Å². The normalized spacial score (nSPS) is 10.3. The summed E-state index contributed by atoms with van der Waals surface area (Å²) in [5.74, 6) is 1.19. The average molecular weight is 250 g/mol. The lowest BCUT2D eigenvalue weighted by atomic mass is 10.2. The molecule has 2 aromatic heterocycles. The lowest BCUT2D eigenvalue weighted by Crippen LogP contribution is -1.90. The van der Waals surface area contributed by atoms with Crippen LogP contribution in [0.4, 0.5) is 0 Å². The van der Waals surface area contributed by atoms with E-state index >= 15 is 0 Å². The Balaban J connectivity index is 2.12. The number of imidazole rings is 1. The number of aromatic amines is 1. The number of fused-ring (bicyclic) bond motifs is 1. The maximum atomic E-state index is 8.88. The minimum atomic E-state index is 0.538. The number of nitriles is 1. The molecule has 19 heavy (non-hydrogen) atoms. The Labute approximate surface area is 109 Å². The minimum absolute atomic E-state index is 0.538. The van der Waals surface area contributed by atoms with Gasteiger partial charge in [-0.2, -0.15) is 5.26 Å². The number of H-pyrrole nitrogens is 1. The second-order valence-corrected chi connectivity index (χ2v) is 3.99. The fraction of sp³-hybridized carbons (Fsp3) is 0.0714. The van der Waals surface area contributed by atoms with Crippen molar-refractivity contribution in [2.45, 2.75) is 0 Å². The Morgan fingerprint density at radius 2 is 2.11 bits per heavy atom. The molecule has 0 atom stereocenters. The van der Waals surface area contributed by atoms with E-state index in [1.165, 1.54) is 0 Å². The predicted octanol–water partition coefficient (Wildman–Crippen LogP) is 2.51. The van der Waals surface area contributed by atoms with Gasteiger partial charge in [0.2, 0.25) is 5.88 Å². The zero-order chi connectivity index (χ0) is 13.2. The van der Waals surface area contributed by atoms with E-state index in [0.717, 1.165) is 11.0 Å². The van der Waals surface area contributed by atoms with Crippen LogP contribution in [-0.2, 0) is 0 Å². The Kier molecular flexibility index (Phi) is 2.62. The summed E-state index contributed by atoms with van der Waals surface area (Å²) in [6.45, 7) is 0. The van der Waals surface area contributed by atoms with E-state index in [9.17, 15) is 0 Å². The molecule has 5 heteroatoms. The molecule has 1 aromatic carbocycles. The Hall–Kier alpha value is -2.87. The number of benzene rings is 1. The van der Waals surface area contributed by atoms with E-state index in [1.807, 2.05) is 18.2 Å². The fourth-order valence-electron chi connectivity index (χ4n) is 1.86. The van der Waals surface area contributed by atoms with Crippen LogP contribution < -0.4 is 4.74 Å². The summed E-state index contributed by atoms with van der Waals surface area (Å²) in [7, 11) is 1.57. The smallest absolute Gasteiger partial charge is 0.213 e. The molecule has 2 heterocycles. The SMILES string of the molecule is COc1cccc(-c2nc3ccc(C#N)cc3[nH]2)n1. The van der Waals surface area contributed by atoms with Gasteiger partial charge in [-0.15, -0.1) is 0 Å². The van der Waals surface area contributed by atoms with E-state index < -0.39 is 0 Å². The van der Waals surface area contributed by atoms with Crippen molar-refractivity contribution >= 4 is 11.0 Å². The van der Waals surface area contributed by atoms with Crippen molar-refractivity contribution in [3.63, 3.8) is 0 Å². The zero-order valence-electron chi connectivity index (χ0n) is 10.2. The average Bonchev–Trinajstić information content (AvgIpc) is 2.90. The van der Waals surface area contributed by atoms with E-state index in [1.54, 1.807) is 25.3 Å². The maximum absolute atomic E-state index is 8.88. The zero-order valence-corrected chi connectivity index (χ0v) is 10.2. The second-order valence-electron chi connectivity index (χ2n) is 3.99. The van der Waals surface area contributed by atoms with Gasteiger partial charge in [0.1, 0.15) is 5.69 Å². The molecule has 0 spiro atoms. The van der Waals surface area contributed by atoms with Crippen molar-refractivity contribution in [1.29, 1.82) is 5.26 Å². The fourth-order valence-corrected chi connectivity index (χ4v) is 1.86. The van der Waals surface area contributed by atoms with Crippen molar-refractivity contribution in [3.05, 3.63) is 42.0 Å². The Morgan fingerprint density at radius 3 is 2.89 bits per heavy atom. The van der Waals surface area contributed by atoms with Crippen LogP contribution in [0.5, 0.6) is 5.88 Å². The molecule has 3 aromatic rings. The molecule has 0 aliphatic rings. The van der Waals surface area contributed by atoms with Crippen molar-refractivity contribution in [1.82, 2.24) is 15.0 Å². The number of rotatable bonds is 2. The quantitative estimate of drug-likeness (QED) is 0.758.